The van der Waals surface area contributed by atoms with Crippen molar-refractivity contribution in [3.63, 3.8) is 0 Å². The molecular weight excluding hydrogens is 190 g/mol. The highest BCUT2D eigenvalue weighted by atomic mass is 16.6. The molecule has 1 heterocycles. The lowest BCUT2D eigenvalue weighted by Crippen LogP contribution is -2.24. The summed E-state index contributed by atoms with van der Waals surface area (Å²) >= 11 is 0. The predicted octanol–water partition coefficient (Wildman–Crippen LogP) is 2.68. The van der Waals surface area contributed by atoms with Gasteiger partial charge in [-0.25, -0.2) is 9.78 Å². The molecule has 0 unspecified atom stereocenters. The summed E-state index contributed by atoms with van der Waals surface area (Å²) in [5.41, 5.74) is 0.663. The van der Waals surface area contributed by atoms with Crippen molar-refractivity contribution in [1.29, 1.82) is 0 Å². The van der Waals surface area contributed by atoms with E-state index in [4.69, 9.17) is 4.74 Å². The van der Waals surface area contributed by atoms with Crippen LogP contribution in [0.5, 0.6) is 0 Å². The van der Waals surface area contributed by atoms with Crippen LogP contribution in [0.2, 0.25) is 0 Å². The molecule has 3 heteroatoms. The largest absolute Gasteiger partial charge is 0.455 e. The molecule has 1 aromatic rings. The maximum atomic E-state index is 11.6. The van der Waals surface area contributed by atoms with E-state index in [1.807, 2.05) is 20.8 Å². The van der Waals surface area contributed by atoms with E-state index >= 15 is 0 Å². The Labute approximate surface area is 89.8 Å². The summed E-state index contributed by atoms with van der Waals surface area (Å²) in [5, 5.41) is 0. The fraction of sp³-hybridized carbons (Fsp3) is 0.333. The summed E-state index contributed by atoms with van der Waals surface area (Å²) in [5.74, 6) is -0.411. The zero-order chi connectivity index (χ0) is 11.5. The summed E-state index contributed by atoms with van der Waals surface area (Å²) in [4.78, 5) is 15.6. The molecular formula is C12H15NO2. The molecule has 0 saturated heterocycles. The summed E-state index contributed by atoms with van der Waals surface area (Å²) in [7, 11) is 0. The van der Waals surface area contributed by atoms with Gasteiger partial charge in [0.1, 0.15) is 11.3 Å². The summed E-state index contributed by atoms with van der Waals surface area (Å²) < 4.78 is 5.19. The molecule has 3 nitrogen and oxygen atoms in total. The number of aromatic nitrogens is 1. The van der Waals surface area contributed by atoms with Crippen molar-refractivity contribution in [2.45, 2.75) is 26.4 Å². The highest BCUT2D eigenvalue weighted by Gasteiger charge is 2.18. The molecule has 0 aliphatic heterocycles. The average Bonchev–Trinajstić information content (AvgIpc) is 2.15. The van der Waals surface area contributed by atoms with Gasteiger partial charge in [-0.05, 0) is 38.5 Å². The van der Waals surface area contributed by atoms with Gasteiger partial charge in [0.25, 0.3) is 0 Å². The topological polar surface area (TPSA) is 39.2 Å². The van der Waals surface area contributed by atoms with Gasteiger partial charge in [0.15, 0.2) is 0 Å². The Morgan fingerprint density at radius 3 is 2.73 bits per heavy atom. The number of hydrogen-bond acceptors (Lipinski definition) is 3. The van der Waals surface area contributed by atoms with Crippen molar-refractivity contribution < 1.29 is 9.53 Å². The molecule has 0 radical (unpaired) electrons. The van der Waals surface area contributed by atoms with Gasteiger partial charge in [-0.15, -0.1) is 0 Å². The second-order valence-corrected chi connectivity index (χ2v) is 4.18. The van der Waals surface area contributed by atoms with Crippen molar-refractivity contribution in [2.75, 3.05) is 0 Å². The second-order valence-electron chi connectivity index (χ2n) is 4.18. The molecule has 0 aliphatic rings. The minimum absolute atomic E-state index is 0.308. The number of hydrogen-bond donors (Lipinski definition) is 0. The highest BCUT2D eigenvalue weighted by molar-refractivity contribution is 5.88. The standard InChI is InChI=1S/C12H15NO2/c1-5-9-6-7-13-10(8-9)11(14)15-12(2,3)4/h5-8H,1H2,2-4H3. The van der Waals surface area contributed by atoms with Crippen LogP contribution in [0.3, 0.4) is 0 Å². The van der Waals surface area contributed by atoms with Crippen LogP contribution in [-0.4, -0.2) is 16.6 Å². The lowest BCUT2D eigenvalue weighted by atomic mass is 10.2. The first kappa shape index (κ1) is 11.4. The van der Waals surface area contributed by atoms with Gasteiger partial charge in [0.05, 0.1) is 0 Å². The first-order valence-corrected chi connectivity index (χ1v) is 4.74. The molecule has 1 aromatic heterocycles. The van der Waals surface area contributed by atoms with Crippen LogP contribution in [-0.2, 0) is 4.74 Å². The Hall–Kier alpha value is -1.64. The van der Waals surface area contributed by atoms with Crippen LogP contribution in [0, 0.1) is 0 Å². The monoisotopic (exact) mass is 205 g/mol. The van der Waals surface area contributed by atoms with E-state index in [1.54, 1.807) is 24.4 Å². The lowest BCUT2D eigenvalue weighted by molar-refractivity contribution is 0.00628. The average molecular weight is 205 g/mol. The number of esters is 1. The van der Waals surface area contributed by atoms with Gasteiger partial charge in [-0.3, -0.25) is 0 Å². The second kappa shape index (κ2) is 4.26. The third kappa shape index (κ3) is 3.54. The molecule has 0 amide bonds. The van der Waals surface area contributed by atoms with Crippen molar-refractivity contribution in [3.8, 4) is 0 Å². The van der Waals surface area contributed by atoms with E-state index in [2.05, 4.69) is 11.6 Å². The first-order valence-electron chi connectivity index (χ1n) is 4.74. The molecule has 1 rings (SSSR count). The summed E-state index contributed by atoms with van der Waals surface area (Å²) in [6.45, 7) is 9.09. The minimum Gasteiger partial charge on any atom is -0.455 e. The fourth-order valence-electron chi connectivity index (χ4n) is 1.02. The zero-order valence-electron chi connectivity index (χ0n) is 9.28. The Bertz CT molecular complexity index is 377. The maximum Gasteiger partial charge on any atom is 0.357 e. The highest BCUT2D eigenvalue weighted by Crippen LogP contribution is 2.11. The zero-order valence-corrected chi connectivity index (χ0v) is 9.28. The molecule has 0 saturated carbocycles. The first-order chi connectivity index (χ1) is 6.92. The van der Waals surface area contributed by atoms with Crippen LogP contribution in [0.1, 0.15) is 36.8 Å². The van der Waals surface area contributed by atoms with Crippen LogP contribution in [0.25, 0.3) is 6.08 Å². The van der Waals surface area contributed by atoms with E-state index < -0.39 is 11.6 Å². The van der Waals surface area contributed by atoms with Crippen LogP contribution in [0.4, 0.5) is 0 Å². The predicted molar refractivity (Wildman–Crippen MR) is 59.5 cm³/mol. The van der Waals surface area contributed by atoms with Crippen molar-refractivity contribution in [2.24, 2.45) is 0 Å². The van der Waals surface area contributed by atoms with Gasteiger partial charge < -0.3 is 4.74 Å². The summed E-state index contributed by atoms with van der Waals surface area (Å²) in [6.07, 6.45) is 3.23. The Kier molecular flexibility index (Phi) is 3.24. The Balaban J connectivity index is 2.87. The van der Waals surface area contributed by atoms with Crippen LogP contribution in [0.15, 0.2) is 24.9 Å². The smallest absolute Gasteiger partial charge is 0.357 e. The molecule has 0 aliphatic carbocycles. The van der Waals surface area contributed by atoms with Gasteiger partial charge in [-0.1, -0.05) is 12.7 Å². The molecule has 0 N–H and O–H groups in total. The number of nitrogens with zero attached hydrogens (tertiary/aromatic N) is 1. The number of carbonyl (C=O) groups excluding carboxylic acids is 1. The van der Waals surface area contributed by atoms with E-state index in [9.17, 15) is 4.79 Å². The van der Waals surface area contributed by atoms with Crippen LogP contribution < -0.4 is 0 Å². The molecule has 80 valence electrons. The minimum atomic E-state index is -0.497. The number of pyridine rings is 1. The number of ether oxygens (including phenoxy) is 1. The molecule has 15 heavy (non-hydrogen) atoms. The SMILES string of the molecule is C=Cc1ccnc(C(=O)OC(C)(C)C)c1. The third-order valence-corrected chi connectivity index (χ3v) is 1.63. The van der Waals surface area contributed by atoms with E-state index in [-0.39, 0.29) is 0 Å². The van der Waals surface area contributed by atoms with Gasteiger partial charge in [0, 0.05) is 6.20 Å². The number of rotatable bonds is 2. The summed E-state index contributed by atoms with van der Waals surface area (Å²) in [6, 6.07) is 3.43. The molecule has 0 atom stereocenters. The van der Waals surface area contributed by atoms with Crippen LogP contribution >= 0.6 is 0 Å². The lowest BCUT2D eigenvalue weighted by Gasteiger charge is -2.19. The number of carbonyl (C=O) groups is 1. The molecule has 0 bridgehead atoms. The van der Waals surface area contributed by atoms with Crippen molar-refractivity contribution >= 4 is 12.0 Å². The Morgan fingerprint density at radius 1 is 1.53 bits per heavy atom. The normalized spacial score (nSPS) is 10.9. The Morgan fingerprint density at radius 2 is 2.20 bits per heavy atom. The van der Waals surface area contributed by atoms with Gasteiger partial charge in [0.2, 0.25) is 0 Å². The molecule has 0 spiro atoms. The quantitative estimate of drug-likeness (QED) is 0.697. The molecule has 0 fully saturated rings. The molecule has 0 aromatic carbocycles. The van der Waals surface area contributed by atoms with E-state index in [0.717, 1.165) is 5.56 Å². The maximum absolute atomic E-state index is 11.6. The third-order valence-electron chi connectivity index (χ3n) is 1.63. The van der Waals surface area contributed by atoms with Crippen molar-refractivity contribution in [3.05, 3.63) is 36.2 Å². The van der Waals surface area contributed by atoms with Gasteiger partial charge >= 0.3 is 5.97 Å². The van der Waals surface area contributed by atoms with E-state index in [1.165, 1.54) is 0 Å². The van der Waals surface area contributed by atoms with Crippen molar-refractivity contribution in [1.82, 2.24) is 4.98 Å². The van der Waals surface area contributed by atoms with Gasteiger partial charge in [-0.2, -0.15) is 0 Å². The fourth-order valence-corrected chi connectivity index (χ4v) is 1.02. The van der Waals surface area contributed by atoms with E-state index in [0.29, 0.717) is 5.69 Å².